The van der Waals surface area contributed by atoms with Crippen molar-refractivity contribution in [1.82, 2.24) is 0 Å². The molecule has 0 saturated heterocycles. The highest BCUT2D eigenvalue weighted by molar-refractivity contribution is 5.55. The zero-order valence-corrected chi connectivity index (χ0v) is 8.89. The summed E-state index contributed by atoms with van der Waals surface area (Å²) in [5.41, 5.74) is 8.07. The van der Waals surface area contributed by atoms with Gasteiger partial charge in [-0.1, -0.05) is 18.2 Å². The molecule has 0 heterocycles. The minimum Gasteiger partial charge on any atom is -0.395 e. The van der Waals surface area contributed by atoms with Crippen LogP contribution < -0.4 is 10.6 Å². The van der Waals surface area contributed by atoms with Gasteiger partial charge in [0.25, 0.3) is 0 Å². The van der Waals surface area contributed by atoms with E-state index in [1.165, 1.54) is 18.5 Å². The fourth-order valence-corrected chi connectivity index (χ4v) is 1.96. The van der Waals surface area contributed by atoms with Crippen LogP contribution in [-0.4, -0.2) is 24.3 Å². The van der Waals surface area contributed by atoms with E-state index in [-0.39, 0.29) is 6.61 Å². The van der Waals surface area contributed by atoms with Crippen LogP contribution in [0, 0.1) is 0 Å². The molecule has 0 aliphatic heterocycles. The standard InChI is InChI=1S/C12H18N2O/c13-9-10-3-1-2-4-12(10)14(7-8-15)11-5-6-11/h1-4,11,15H,5-9,13H2. The summed E-state index contributed by atoms with van der Waals surface area (Å²) in [7, 11) is 0. The van der Waals surface area contributed by atoms with E-state index >= 15 is 0 Å². The first-order valence-electron chi connectivity index (χ1n) is 5.52. The molecule has 82 valence electrons. The smallest absolute Gasteiger partial charge is 0.0606 e. The van der Waals surface area contributed by atoms with Crippen LogP contribution in [0.2, 0.25) is 0 Å². The molecule has 3 heteroatoms. The Morgan fingerprint density at radius 2 is 2.07 bits per heavy atom. The Hall–Kier alpha value is -1.06. The van der Waals surface area contributed by atoms with Crippen LogP contribution >= 0.6 is 0 Å². The number of nitrogens with two attached hydrogens (primary N) is 1. The van der Waals surface area contributed by atoms with Crippen LogP contribution in [0.25, 0.3) is 0 Å². The average Bonchev–Trinajstić information content (AvgIpc) is 3.10. The third-order valence-electron chi connectivity index (χ3n) is 2.85. The van der Waals surface area contributed by atoms with Crippen molar-refractivity contribution in [2.24, 2.45) is 5.73 Å². The number of rotatable bonds is 5. The molecule has 0 spiro atoms. The molecule has 0 aromatic heterocycles. The van der Waals surface area contributed by atoms with Crippen molar-refractivity contribution in [3.63, 3.8) is 0 Å². The second kappa shape index (κ2) is 4.64. The lowest BCUT2D eigenvalue weighted by atomic mass is 10.1. The highest BCUT2D eigenvalue weighted by Gasteiger charge is 2.29. The van der Waals surface area contributed by atoms with E-state index in [4.69, 9.17) is 10.8 Å². The molecule has 15 heavy (non-hydrogen) atoms. The van der Waals surface area contributed by atoms with Crippen LogP contribution in [0.1, 0.15) is 18.4 Å². The predicted octanol–water partition coefficient (Wildman–Crippen LogP) is 1.11. The maximum absolute atomic E-state index is 9.07. The maximum atomic E-state index is 9.07. The summed E-state index contributed by atoms with van der Waals surface area (Å²) in [5, 5.41) is 9.07. The molecule has 1 aliphatic carbocycles. The van der Waals surface area contributed by atoms with Crippen LogP contribution in [0.3, 0.4) is 0 Å². The molecule has 2 rings (SSSR count). The number of benzene rings is 1. The minimum atomic E-state index is 0.204. The summed E-state index contributed by atoms with van der Waals surface area (Å²) in [4.78, 5) is 2.28. The van der Waals surface area contributed by atoms with E-state index in [9.17, 15) is 0 Å². The van der Waals surface area contributed by atoms with E-state index in [0.717, 1.165) is 5.56 Å². The van der Waals surface area contributed by atoms with Crippen molar-refractivity contribution >= 4 is 5.69 Å². The van der Waals surface area contributed by atoms with E-state index < -0.39 is 0 Å². The van der Waals surface area contributed by atoms with Gasteiger partial charge in [-0.05, 0) is 24.5 Å². The largest absolute Gasteiger partial charge is 0.395 e. The zero-order chi connectivity index (χ0) is 10.7. The molecule has 0 amide bonds. The van der Waals surface area contributed by atoms with Gasteiger partial charge >= 0.3 is 0 Å². The first-order valence-corrected chi connectivity index (χ1v) is 5.52. The molecular formula is C12H18N2O. The van der Waals surface area contributed by atoms with Gasteiger partial charge in [-0.15, -0.1) is 0 Å². The van der Waals surface area contributed by atoms with Crippen molar-refractivity contribution in [2.75, 3.05) is 18.1 Å². The summed E-state index contributed by atoms with van der Waals surface area (Å²) < 4.78 is 0. The number of hydrogen-bond acceptors (Lipinski definition) is 3. The Kier molecular flexibility index (Phi) is 3.23. The van der Waals surface area contributed by atoms with Gasteiger partial charge in [0.05, 0.1) is 6.61 Å². The van der Waals surface area contributed by atoms with Crippen molar-refractivity contribution in [3.8, 4) is 0 Å². The molecule has 3 nitrogen and oxygen atoms in total. The average molecular weight is 206 g/mol. The number of aliphatic hydroxyl groups is 1. The molecule has 1 saturated carbocycles. The summed E-state index contributed by atoms with van der Waals surface area (Å²) in [6, 6.07) is 8.81. The number of anilines is 1. The fourth-order valence-electron chi connectivity index (χ4n) is 1.96. The molecule has 1 aromatic carbocycles. The normalized spacial score (nSPS) is 15.3. The third kappa shape index (κ3) is 2.30. The second-order valence-corrected chi connectivity index (χ2v) is 3.98. The number of hydrogen-bond donors (Lipinski definition) is 2. The Bertz CT molecular complexity index is 323. The topological polar surface area (TPSA) is 49.5 Å². The van der Waals surface area contributed by atoms with Crippen molar-refractivity contribution in [1.29, 1.82) is 0 Å². The van der Waals surface area contributed by atoms with E-state index in [1.807, 2.05) is 12.1 Å². The summed E-state index contributed by atoms with van der Waals surface area (Å²) in [6.45, 7) is 1.47. The molecule has 0 radical (unpaired) electrons. The number of para-hydroxylation sites is 1. The highest BCUT2D eigenvalue weighted by atomic mass is 16.3. The second-order valence-electron chi connectivity index (χ2n) is 3.98. The van der Waals surface area contributed by atoms with E-state index in [1.54, 1.807) is 0 Å². The number of nitrogens with zero attached hydrogens (tertiary/aromatic N) is 1. The Morgan fingerprint density at radius 3 is 2.67 bits per heavy atom. The molecule has 1 fully saturated rings. The fraction of sp³-hybridized carbons (Fsp3) is 0.500. The van der Waals surface area contributed by atoms with Gasteiger partial charge in [-0.25, -0.2) is 0 Å². The van der Waals surface area contributed by atoms with E-state index in [2.05, 4.69) is 17.0 Å². The van der Waals surface area contributed by atoms with Gasteiger partial charge < -0.3 is 15.7 Å². The summed E-state index contributed by atoms with van der Waals surface area (Å²) >= 11 is 0. The van der Waals surface area contributed by atoms with Gasteiger partial charge in [0.15, 0.2) is 0 Å². The first-order chi connectivity index (χ1) is 7.36. The van der Waals surface area contributed by atoms with E-state index in [0.29, 0.717) is 19.1 Å². The minimum absolute atomic E-state index is 0.204. The Balaban J connectivity index is 2.23. The van der Waals surface area contributed by atoms with Crippen LogP contribution in [0.4, 0.5) is 5.69 Å². The summed E-state index contributed by atoms with van der Waals surface area (Å²) in [6.07, 6.45) is 2.47. The van der Waals surface area contributed by atoms with Crippen molar-refractivity contribution < 1.29 is 5.11 Å². The Morgan fingerprint density at radius 1 is 1.33 bits per heavy atom. The molecule has 1 aliphatic rings. The van der Waals surface area contributed by atoms with Crippen molar-refractivity contribution in [3.05, 3.63) is 29.8 Å². The molecule has 3 N–H and O–H groups in total. The SMILES string of the molecule is NCc1ccccc1N(CCO)C1CC1. The quantitative estimate of drug-likeness (QED) is 0.758. The lowest BCUT2D eigenvalue weighted by Crippen LogP contribution is -2.30. The van der Waals surface area contributed by atoms with Crippen LogP contribution in [0.15, 0.2) is 24.3 Å². The molecule has 0 atom stereocenters. The van der Waals surface area contributed by atoms with Gasteiger partial charge in [-0.3, -0.25) is 0 Å². The van der Waals surface area contributed by atoms with Gasteiger partial charge in [-0.2, -0.15) is 0 Å². The lowest BCUT2D eigenvalue weighted by Gasteiger charge is -2.26. The zero-order valence-electron chi connectivity index (χ0n) is 8.89. The first kappa shape index (κ1) is 10.5. The summed E-state index contributed by atoms with van der Waals surface area (Å²) in [5.74, 6) is 0. The maximum Gasteiger partial charge on any atom is 0.0606 e. The van der Waals surface area contributed by atoms with Crippen molar-refractivity contribution in [2.45, 2.75) is 25.4 Å². The van der Waals surface area contributed by atoms with Gasteiger partial charge in [0, 0.05) is 24.8 Å². The van der Waals surface area contributed by atoms with Crippen LogP contribution in [0.5, 0.6) is 0 Å². The molecule has 0 unspecified atom stereocenters. The monoisotopic (exact) mass is 206 g/mol. The lowest BCUT2D eigenvalue weighted by molar-refractivity contribution is 0.301. The number of aliphatic hydroxyl groups excluding tert-OH is 1. The highest BCUT2D eigenvalue weighted by Crippen LogP contribution is 2.33. The Labute approximate surface area is 90.5 Å². The predicted molar refractivity (Wildman–Crippen MR) is 61.8 cm³/mol. The van der Waals surface area contributed by atoms with Gasteiger partial charge in [0.2, 0.25) is 0 Å². The van der Waals surface area contributed by atoms with Gasteiger partial charge in [0.1, 0.15) is 0 Å². The molecular weight excluding hydrogens is 188 g/mol. The third-order valence-corrected chi connectivity index (χ3v) is 2.85. The van der Waals surface area contributed by atoms with Crippen LogP contribution in [-0.2, 0) is 6.54 Å². The molecule has 1 aromatic rings. The molecule has 0 bridgehead atoms.